The van der Waals surface area contributed by atoms with Crippen LogP contribution in [0.2, 0.25) is 0 Å². The Kier molecular flexibility index (Phi) is 5.27. The zero-order valence-corrected chi connectivity index (χ0v) is 11.4. The molecule has 6 heteroatoms. The zero-order chi connectivity index (χ0) is 13.7. The molecule has 1 rings (SSSR count). The molecule has 0 aliphatic rings. The molecule has 102 valence electrons. The first-order valence-corrected chi connectivity index (χ1v) is 6.09. The molecule has 0 aromatic carbocycles. The Bertz CT molecular complexity index is 401. The van der Waals surface area contributed by atoms with Crippen LogP contribution in [0.15, 0.2) is 0 Å². The van der Waals surface area contributed by atoms with Crippen molar-refractivity contribution in [1.29, 1.82) is 0 Å². The van der Waals surface area contributed by atoms with Gasteiger partial charge in [-0.15, -0.1) is 10.2 Å². The third kappa shape index (κ3) is 3.53. The fourth-order valence-corrected chi connectivity index (χ4v) is 1.95. The summed E-state index contributed by atoms with van der Waals surface area (Å²) in [7, 11) is 1.61. The molecule has 0 amide bonds. The highest BCUT2D eigenvalue weighted by molar-refractivity contribution is 5.72. The average Bonchev–Trinajstić information content (AvgIpc) is 2.64. The molecule has 0 bridgehead atoms. The topological polar surface area (TPSA) is 77.2 Å². The second-order valence-electron chi connectivity index (χ2n) is 4.76. The number of carboxylic acid groups (broad SMARTS) is 1. The van der Waals surface area contributed by atoms with Crippen LogP contribution >= 0.6 is 0 Å². The van der Waals surface area contributed by atoms with Crippen LogP contribution in [0.5, 0.6) is 0 Å². The second-order valence-corrected chi connectivity index (χ2v) is 4.76. The molecule has 0 saturated carbocycles. The number of carboxylic acids is 1. The van der Waals surface area contributed by atoms with Crippen molar-refractivity contribution in [2.45, 2.75) is 39.7 Å². The van der Waals surface area contributed by atoms with Crippen molar-refractivity contribution in [3.63, 3.8) is 0 Å². The lowest BCUT2D eigenvalue weighted by Gasteiger charge is -2.19. The van der Waals surface area contributed by atoms with Crippen LogP contribution in [-0.2, 0) is 16.0 Å². The fraction of sp³-hybridized carbons (Fsp3) is 0.750. The summed E-state index contributed by atoms with van der Waals surface area (Å²) in [6.07, 6.45) is 1.13. The molecule has 1 aromatic rings. The van der Waals surface area contributed by atoms with Crippen molar-refractivity contribution in [1.82, 2.24) is 14.8 Å². The van der Waals surface area contributed by atoms with Gasteiger partial charge in [-0.2, -0.15) is 0 Å². The van der Waals surface area contributed by atoms with Gasteiger partial charge in [0.1, 0.15) is 17.7 Å². The normalized spacial score (nSPS) is 12.9. The molecule has 1 N–H and O–H groups in total. The smallest absolute Gasteiger partial charge is 0.326 e. The number of hydrogen-bond acceptors (Lipinski definition) is 4. The lowest BCUT2D eigenvalue weighted by atomic mass is 10.0. The Morgan fingerprint density at radius 1 is 1.44 bits per heavy atom. The van der Waals surface area contributed by atoms with E-state index < -0.39 is 12.0 Å². The Balaban J connectivity index is 3.02. The van der Waals surface area contributed by atoms with Crippen molar-refractivity contribution in [3.05, 3.63) is 11.6 Å². The first-order valence-electron chi connectivity index (χ1n) is 6.09. The molecule has 0 aliphatic heterocycles. The summed E-state index contributed by atoms with van der Waals surface area (Å²) < 4.78 is 6.71. The number of carbonyl (C=O) groups is 1. The van der Waals surface area contributed by atoms with Crippen molar-refractivity contribution in [2.24, 2.45) is 5.92 Å². The Labute approximate surface area is 107 Å². The lowest BCUT2D eigenvalue weighted by Crippen LogP contribution is -2.24. The molecule has 1 aromatic heterocycles. The van der Waals surface area contributed by atoms with Crippen LogP contribution in [0.25, 0.3) is 0 Å². The van der Waals surface area contributed by atoms with Crippen LogP contribution in [0, 0.1) is 12.8 Å². The van der Waals surface area contributed by atoms with E-state index in [1.54, 1.807) is 18.6 Å². The quantitative estimate of drug-likeness (QED) is 0.797. The van der Waals surface area contributed by atoms with Crippen LogP contribution in [0.3, 0.4) is 0 Å². The molecule has 0 spiro atoms. The first kappa shape index (κ1) is 14.6. The van der Waals surface area contributed by atoms with Gasteiger partial charge in [-0.1, -0.05) is 13.8 Å². The number of aliphatic carboxylic acids is 1. The maximum Gasteiger partial charge on any atom is 0.326 e. The van der Waals surface area contributed by atoms with Gasteiger partial charge in [0.15, 0.2) is 0 Å². The number of hydrogen-bond donors (Lipinski definition) is 1. The van der Waals surface area contributed by atoms with E-state index >= 15 is 0 Å². The predicted molar refractivity (Wildman–Crippen MR) is 66.5 cm³/mol. The molecule has 0 saturated heterocycles. The minimum atomic E-state index is -0.842. The van der Waals surface area contributed by atoms with E-state index in [-0.39, 0.29) is 0 Å². The summed E-state index contributed by atoms with van der Waals surface area (Å²) in [5, 5.41) is 17.4. The van der Waals surface area contributed by atoms with Gasteiger partial charge in [0.2, 0.25) is 0 Å². The van der Waals surface area contributed by atoms with Crippen molar-refractivity contribution < 1.29 is 14.6 Å². The van der Waals surface area contributed by atoms with Crippen LogP contribution in [0.1, 0.15) is 38.0 Å². The van der Waals surface area contributed by atoms with E-state index in [0.29, 0.717) is 37.0 Å². The average molecular weight is 255 g/mol. The first-order chi connectivity index (χ1) is 8.47. The summed E-state index contributed by atoms with van der Waals surface area (Å²) >= 11 is 0. The lowest BCUT2D eigenvalue weighted by molar-refractivity contribution is -0.141. The highest BCUT2D eigenvalue weighted by atomic mass is 16.5. The number of aromatic nitrogens is 3. The molecule has 6 nitrogen and oxygen atoms in total. The van der Waals surface area contributed by atoms with Gasteiger partial charge in [-0.25, -0.2) is 4.79 Å². The number of aryl methyl sites for hydroxylation is 1. The maximum absolute atomic E-state index is 11.4. The van der Waals surface area contributed by atoms with E-state index in [1.165, 1.54) is 0 Å². The SMILES string of the molecule is COCCc1nnc(C)n1C(CC(C)C)C(=O)O. The van der Waals surface area contributed by atoms with E-state index in [9.17, 15) is 9.90 Å². The molecule has 0 aliphatic carbocycles. The van der Waals surface area contributed by atoms with E-state index in [2.05, 4.69) is 10.2 Å². The summed E-state index contributed by atoms with van der Waals surface area (Å²) in [5.74, 6) is 0.755. The van der Waals surface area contributed by atoms with E-state index in [4.69, 9.17) is 4.74 Å². The maximum atomic E-state index is 11.4. The third-order valence-corrected chi connectivity index (χ3v) is 2.76. The van der Waals surface area contributed by atoms with Crippen LogP contribution in [0.4, 0.5) is 0 Å². The molecule has 1 heterocycles. The Hall–Kier alpha value is -1.43. The molecule has 18 heavy (non-hydrogen) atoms. The van der Waals surface area contributed by atoms with E-state index in [1.807, 2.05) is 13.8 Å². The van der Waals surface area contributed by atoms with Gasteiger partial charge in [-0.05, 0) is 19.3 Å². The highest BCUT2D eigenvalue weighted by Gasteiger charge is 2.25. The zero-order valence-electron chi connectivity index (χ0n) is 11.4. The molecular weight excluding hydrogens is 234 g/mol. The summed E-state index contributed by atoms with van der Waals surface area (Å²) in [6.45, 7) is 6.29. The number of rotatable bonds is 7. The summed E-state index contributed by atoms with van der Waals surface area (Å²) in [6, 6.07) is -0.605. The molecule has 1 atom stereocenters. The summed E-state index contributed by atoms with van der Waals surface area (Å²) in [5.41, 5.74) is 0. The van der Waals surface area contributed by atoms with Gasteiger partial charge in [0.05, 0.1) is 6.61 Å². The van der Waals surface area contributed by atoms with Gasteiger partial charge >= 0.3 is 5.97 Å². The predicted octanol–water partition coefficient (Wildman–Crippen LogP) is 1.45. The van der Waals surface area contributed by atoms with Gasteiger partial charge in [0.25, 0.3) is 0 Å². The van der Waals surface area contributed by atoms with E-state index in [0.717, 1.165) is 0 Å². The van der Waals surface area contributed by atoms with Crippen molar-refractivity contribution in [2.75, 3.05) is 13.7 Å². The fourth-order valence-electron chi connectivity index (χ4n) is 1.95. The Morgan fingerprint density at radius 2 is 2.11 bits per heavy atom. The largest absolute Gasteiger partial charge is 0.480 e. The van der Waals surface area contributed by atoms with Crippen LogP contribution in [-0.4, -0.2) is 39.6 Å². The highest BCUT2D eigenvalue weighted by Crippen LogP contribution is 2.21. The molecule has 0 radical (unpaired) electrons. The number of methoxy groups -OCH3 is 1. The minimum Gasteiger partial charge on any atom is -0.480 e. The molecule has 0 fully saturated rings. The number of ether oxygens (including phenoxy) is 1. The standard InChI is InChI=1S/C12H21N3O3/c1-8(2)7-10(12(16)17)15-9(3)13-14-11(15)5-6-18-4/h8,10H,5-7H2,1-4H3,(H,16,17). The van der Waals surface area contributed by atoms with Gasteiger partial charge < -0.3 is 14.4 Å². The minimum absolute atomic E-state index is 0.295. The molecule has 1 unspecified atom stereocenters. The third-order valence-electron chi connectivity index (χ3n) is 2.76. The Morgan fingerprint density at radius 3 is 2.61 bits per heavy atom. The monoisotopic (exact) mass is 255 g/mol. The summed E-state index contributed by atoms with van der Waals surface area (Å²) in [4.78, 5) is 11.4. The van der Waals surface area contributed by atoms with Crippen molar-refractivity contribution >= 4 is 5.97 Å². The number of nitrogens with zero attached hydrogens (tertiary/aromatic N) is 3. The molecular formula is C12H21N3O3. The van der Waals surface area contributed by atoms with Crippen molar-refractivity contribution in [3.8, 4) is 0 Å². The van der Waals surface area contributed by atoms with Gasteiger partial charge in [0, 0.05) is 13.5 Å². The van der Waals surface area contributed by atoms with Crippen LogP contribution < -0.4 is 0 Å². The van der Waals surface area contributed by atoms with Gasteiger partial charge in [-0.3, -0.25) is 0 Å². The second kappa shape index (κ2) is 6.49.